The van der Waals surface area contributed by atoms with Crippen LogP contribution in [0.3, 0.4) is 0 Å². The Morgan fingerprint density at radius 1 is 0.540 bits per heavy atom. The van der Waals surface area contributed by atoms with E-state index in [0.717, 1.165) is 27.6 Å². The van der Waals surface area contributed by atoms with Gasteiger partial charge in [0.1, 0.15) is 11.2 Å². The number of fused-ring (bicyclic) bond motifs is 10. The molecule has 0 radical (unpaired) electrons. The van der Waals surface area contributed by atoms with Crippen LogP contribution >= 0.6 is 11.3 Å². The van der Waals surface area contributed by atoms with Crippen LogP contribution in [0.1, 0.15) is 131 Å². The highest BCUT2D eigenvalue weighted by Gasteiger charge is 2.47. The van der Waals surface area contributed by atoms with Crippen molar-refractivity contribution in [2.24, 2.45) is 0 Å². The van der Waals surface area contributed by atoms with Crippen molar-refractivity contribution in [2.45, 2.75) is 130 Å². The molecule has 1 aliphatic carbocycles. The lowest BCUT2D eigenvalue weighted by molar-refractivity contribution is 0.332. The number of nitrogens with zero attached hydrogens (tertiary/aromatic N) is 2. The summed E-state index contributed by atoms with van der Waals surface area (Å²) < 4.78 is 9.42. The van der Waals surface area contributed by atoms with Gasteiger partial charge in [0.2, 0.25) is 0 Å². The maximum atomic E-state index is 6.61. The first-order valence-electron chi connectivity index (χ1n) is 23.2. The summed E-state index contributed by atoms with van der Waals surface area (Å²) in [5.74, 6) is 0. The molecule has 6 aromatic carbocycles. The van der Waals surface area contributed by atoms with Gasteiger partial charge in [0.15, 0.2) is 0 Å². The first-order valence-corrected chi connectivity index (χ1v) is 24.0. The zero-order valence-electron chi connectivity index (χ0n) is 39.6. The molecular formula is C58H61BN2OS. The lowest BCUT2D eigenvalue weighted by atomic mass is 9.36. The Labute approximate surface area is 379 Å². The normalized spacial score (nSPS) is 16.7. The van der Waals surface area contributed by atoms with Crippen molar-refractivity contribution in [3.05, 3.63) is 137 Å². The van der Waals surface area contributed by atoms with Gasteiger partial charge in [-0.05, 0) is 139 Å². The number of rotatable bonds is 2. The molecule has 0 atom stereocenters. The van der Waals surface area contributed by atoms with Gasteiger partial charge in [-0.2, -0.15) is 0 Å². The first-order chi connectivity index (χ1) is 29.6. The summed E-state index contributed by atoms with van der Waals surface area (Å²) in [7, 11) is 0. The highest BCUT2D eigenvalue weighted by molar-refractivity contribution is 7.33. The molecule has 0 saturated carbocycles. The highest BCUT2D eigenvalue weighted by Crippen LogP contribution is 2.54. The van der Waals surface area contributed by atoms with Crippen molar-refractivity contribution in [1.29, 1.82) is 0 Å². The summed E-state index contributed by atoms with van der Waals surface area (Å²) in [5, 5.41) is 3.66. The van der Waals surface area contributed by atoms with E-state index in [-0.39, 0.29) is 33.8 Å². The summed E-state index contributed by atoms with van der Waals surface area (Å²) >= 11 is 2.03. The van der Waals surface area contributed by atoms with Crippen LogP contribution < -0.4 is 25.5 Å². The Hall–Kier alpha value is -5.26. The lowest BCUT2D eigenvalue weighted by Gasteiger charge is -2.45. The van der Waals surface area contributed by atoms with Gasteiger partial charge in [-0.3, -0.25) is 0 Å². The number of para-hydroxylation sites is 1. The third-order valence-corrected chi connectivity index (χ3v) is 16.2. The van der Waals surface area contributed by atoms with E-state index in [2.05, 4.69) is 209 Å². The summed E-state index contributed by atoms with van der Waals surface area (Å²) in [5.41, 5.74) is 19.2. The Morgan fingerprint density at radius 3 is 1.81 bits per heavy atom. The van der Waals surface area contributed by atoms with Crippen molar-refractivity contribution in [3.63, 3.8) is 0 Å². The van der Waals surface area contributed by atoms with Gasteiger partial charge in [0.05, 0.1) is 16.8 Å². The number of benzene rings is 6. The van der Waals surface area contributed by atoms with Crippen LogP contribution in [-0.4, -0.2) is 6.71 Å². The number of hydrogen-bond donors (Lipinski definition) is 0. The number of hydrogen-bond acceptors (Lipinski definition) is 4. The average Bonchev–Trinajstić information content (AvgIpc) is 3.79. The van der Waals surface area contributed by atoms with Crippen LogP contribution in [0.2, 0.25) is 0 Å². The van der Waals surface area contributed by atoms with Crippen molar-refractivity contribution >= 4 is 99.9 Å². The SMILES string of the molecule is CC(C)(C)c1ccc(N2c3cc(C(C)(C)C)cc4c3B(c3cc(C(C)(C)C)ccc3N4c3cccc4oc5ccccc5c34)c3sc4cc5c(cc4c32)C(C)(C)CCC5(C)C)cc1. The van der Waals surface area contributed by atoms with Crippen molar-refractivity contribution in [3.8, 4) is 0 Å². The van der Waals surface area contributed by atoms with E-state index in [1.807, 2.05) is 11.3 Å². The molecule has 0 spiro atoms. The molecule has 0 amide bonds. The van der Waals surface area contributed by atoms with Gasteiger partial charge in [-0.25, -0.2) is 0 Å². The molecule has 5 heteroatoms. The number of anilines is 6. The fraction of sp³-hybridized carbons (Fsp3) is 0.345. The molecular weight excluding hydrogens is 784 g/mol. The monoisotopic (exact) mass is 844 g/mol. The molecule has 318 valence electrons. The fourth-order valence-corrected chi connectivity index (χ4v) is 12.4. The Balaban J connectivity index is 1.30. The van der Waals surface area contributed by atoms with Crippen LogP contribution in [0.25, 0.3) is 32.0 Å². The quantitative estimate of drug-likeness (QED) is 0.162. The Kier molecular flexibility index (Phi) is 8.46. The van der Waals surface area contributed by atoms with E-state index in [1.54, 1.807) is 0 Å². The second-order valence-corrected chi connectivity index (χ2v) is 24.4. The van der Waals surface area contributed by atoms with E-state index < -0.39 is 0 Å². The molecule has 0 N–H and O–H groups in total. The fourth-order valence-electron chi connectivity index (χ4n) is 11.0. The number of furan rings is 1. The van der Waals surface area contributed by atoms with Crippen molar-refractivity contribution in [1.82, 2.24) is 0 Å². The lowest BCUT2D eigenvalue weighted by Crippen LogP contribution is -2.60. The molecule has 11 rings (SSSR count). The Morgan fingerprint density at radius 2 is 1.14 bits per heavy atom. The third-order valence-electron chi connectivity index (χ3n) is 15.0. The molecule has 0 bridgehead atoms. The molecule has 0 fully saturated rings. The molecule has 8 aromatic rings. The van der Waals surface area contributed by atoms with Crippen LogP contribution in [-0.2, 0) is 27.1 Å². The summed E-state index contributed by atoms with van der Waals surface area (Å²) in [4.78, 5) is 5.27. The zero-order valence-corrected chi connectivity index (χ0v) is 40.4. The predicted molar refractivity (Wildman–Crippen MR) is 275 cm³/mol. The second-order valence-electron chi connectivity index (χ2n) is 23.3. The summed E-state index contributed by atoms with van der Waals surface area (Å²) in [6.45, 7) is 31.0. The molecule has 4 heterocycles. The number of thiophene rings is 1. The van der Waals surface area contributed by atoms with Gasteiger partial charge in [-0.1, -0.05) is 139 Å². The topological polar surface area (TPSA) is 19.6 Å². The van der Waals surface area contributed by atoms with Crippen LogP contribution in [0, 0.1) is 0 Å². The van der Waals surface area contributed by atoms with Crippen LogP contribution in [0.15, 0.2) is 114 Å². The van der Waals surface area contributed by atoms with Gasteiger partial charge in [0, 0.05) is 43.0 Å². The standard InChI is InChI=1S/C58H61BN2OS/c1-54(2,3)34-21-24-37(25-22-34)60-45-30-36(56(7,8)9)31-46-51(45)59(53-52(60)39-32-40-41(33-49(39)63-53)58(12,13)28-27-57(40,10)11)42-29-35(55(4,5)6)23-26-43(42)61(46)44-18-16-20-48-50(44)38-17-14-15-19-47(38)62-48/h14-26,29-33H,27-28H2,1-13H3. The Bertz CT molecular complexity index is 3190. The molecule has 63 heavy (non-hydrogen) atoms. The molecule has 0 saturated heterocycles. The molecule has 3 aliphatic rings. The minimum atomic E-state index is -0.120. The predicted octanol–water partition coefficient (Wildman–Crippen LogP) is 15.1. The van der Waals surface area contributed by atoms with Crippen molar-refractivity contribution < 1.29 is 4.42 Å². The minimum absolute atomic E-state index is 0.0332. The largest absolute Gasteiger partial charge is 0.456 e. The van der Waals surface area contributed by atoms with Gasteiger partial charge in [-0.15, -0.1) is 11.3 Å². The second kappa shape index (κ2) is 13.2. The van der Waals surface area contributed by atoms with E-state index in [4.69, 9.17) is 4.42 Å². The molecule has 3 nitrogen and oxygen atoms in total. The van der Waals surface area contributed by atoms with E-state index in [9.17, 15) is 0 Å². The maximum absolute atomic E-state index is 6.61. The van der Waals surface area contributed by atoms with Gasteiger partial charge >= 0.3 is 0 Å². The maximum Gasteiger partial charge on any atom is 0.264 e. The smallest absolute Gasteiger partial charge is 0.264 e. The van der Waals surface area contributed by atoms with E-state index >= 15 is 0 Å². The van der Waals surface area contributed by atoms with Crippen LogP contribution in [0.4, 0.5) is 34.1 Å². The molecule has 2 aromatic heterocycles. The van der Waals surface area contributed by atoms with Crippen molar-refractivity contribution in [2.75, 3.05) is 9.80 Å². The van der Waals surface area contributed by atoms with Crippen LogP contribution in [0.5, 0.6) is 0 Å². The van der Waals surface area contributed by atoms with E-state index in [1.165, 1.54) is 94.9 Å². The highest BCUT2D eigenvalue weighted by atomic mass is 32.1. The zero-order chi connectivity index (χ0) is 44.3. The third kappa shape index (κ3) is 6.04. The van der Waals surface area contributed by atoms with Gasteiger partial charge in [0.25, 0.3) is 6.71 Å². The minimum Gasteiger partial charge on any atom is -0.456 e. The molecule has 2 aliphatic heterocycles. The summed E-state index contributed by atoms with van der Waals surface area (Å²) in [6, 6.07) is 42.3. The van der Waals surface area contributed by atoms with Gasteiger partial charge < -0.3 is 14.2 Å². The molecule has 0 unspecified atom stereocenters. The first kappa shape index (κ1) is 40.5. The van der Waals surface area contributed by atoms with E-state index in [0.29, 0.717) is 0 Å². The summed E-state index contributed by atoms with van der Waals surface area (Å²) in [6.07, 6.45) is 2.38. The average molecular weight is 845 g/mol.